The predicted molar refractivity (Wildman–Crippen MR) is 111 cm³/mol. The molecule has 0 aliphatic carbocycles. The summed E-state index contributed by atoms with van der Waals surface area (Å²) in [6, 6.07) is 10.0. The van der Waals surface area contributed by atoms with E-state index in [-0.39, 0.29) is 6.04 Å². The molecule has 1 saturated heterocycles. The van der Waals surface area contributed by atoms with Crippen molar-refractivity contribution < 1.29 is 8.42 Å². The zero-order valence-electron chi connectivity index (χ0n) is 16.6. The van der Waals surface area contributed by atoms with Gasteiger partial charge in [0.2, 0.25) is 10.0 Å². The van der Waals surface area contributed by atoms with Gasteiger partial charge in [-0.25, -0.2) is 13.4 Å². The molecule has 1 aliphatic rings. The van der Waals surface area contributed by atoms with E-state index in [4.69, 9.17) is 0 Å². The van der Waals surface area contributed by atoms with Crippen molar-refractivity contribution in [3.05, 3.63) is 42.4 Å². The van der Waals surface area contributed by atoms with Crippen molar-refractivity contribution >= 4 is 16.0 Å². The number of nitrogens with zero attached hydrogens (tertiary/aromatic N) is 4. The van der Waals surface area contributed by atoms with Gasteiger partial charge in [0.05, 0.1) is 24.7 Å². The summed E-state index contributed by atoms with van der Waals surface area (Å²) in [6.45, 7) is 1.69. The van der Waals surface area contributed by atoms with Gasteiger partial charge in [-0.3, -0.25) is 4.99 Å². The summed E-state index contributed by atoms with van der Waals surface area (Å²) in [5, 5.41) is 3.30. The minimum absolute atomic E-state index is 0.0338. The normalized spacial score (nSPS) is 18.4. The number of guanidine groups is 1. The molecule has 1 atom stereocenters. The van der Waals surface area contributed by atoms with Crippen molar-refractivity contribution in [2.24, 2.45) is 4.99 Å². The number of nitrogens with one attached hydrogen (secondary N) is 2. The Hall–Kier alpha value is -2.39. The maximum absolute atomic E-state index is 11.9. The standard InChI is InChI=1S/C19H28N6O2S/c1-20-19(22-12-16-10-7-11-25(16)28(3,26)27)24(2)14-18-21-13-17(23-18)15-8-5-4-6-9-15/h4-6,8-9,13,16H,7,10-12,14H2,1-3H3,(H,20,22)(H,21,23)/t16-/m1/s1. The van der Waals surface area contributed by atoms with Gasteiger partial charge >= 0.3 is 0 Å². The van der Waals surface area contributed by atoms with Gasteiger partial charge in [0, 0.05) is 33.2 Å². The quantitative estimate of drug-likeness (QED) is 0.562. The molecule has 8 nitrogen and oxygen atoms in total. The van der Waals surface area contributed by atoms with Crippen molar-refractivity contribution in [3.8, 4) is 11.3 Å². The Labute approximate surface area is 166 Å². The van der Waals surface area contributed by atoms with Gasteiger partial charge in [-0.05, 0) is 18.4 Å². The Morgan fingerprint density at radius 2 is 2.14 bits per heavy atom. The first kappa shape index (κ1) is 20.3. The van der Waals surface area contributed by atoms with Crippen LogP contribution in [0.1, 0.15) is 18.7 Å². The predicted octanol–water partition coefficient (Wildman–Crippen LogP) is 1.51. The van der Waals surface area contributed by atoms with Gasteiger partial charge in [0.15, 0.2) is 5.96 Å². The fraction of sp³-hybridized carbons (Fsp3) is 0.474. The summed E-state index contributed by atoms with van der Waals surface area (Å²) >= 11 is 0. The molecule has 1 aromatic heterocycles. The van der Waals surface area contributed by atoms with Gasteiger partial charge in [0.1, 0.15) is 5.82 Å². The molecule has 1 aliphatic heterocycles. The molecule has 1 aromatic carbocycles. The summed E-state index contributed by atoms with van der Waals surface area (Å²) in [4.78, 5) is 14.1. The van der Waals surface area contributed by atoms with Gasteiger partial charge in [-0.1, -0.05) is 30.3 Å². The number of benzene rings is 1. The number of imidazole rings is 1. The van der Waals surface area contributed by atoms with Crippen LogP contribution in [0, 0.1) is 0 Å². The van der Waals surface area contributed by atoms with Crippen LogP contribution in [0.2, 0.25) is 0 Å². The van der Waals surface area contributed by atoms with E-state index in [9.17, 15) is 8.42 Å². The maximum atomic E-state index is 11.9. The molecular weight excluding hydrogens is 376 g/mol. The lowest BCUT2D eigenvalue weighted by atomic mass is 10.2. The first-order valence-corrected chi connectivity index (χ1v) is 11.2. The minimum atomic E-state index is -3.17. The summed E-state index contributed by atoms with van der Waals surface area (Å²) < 4.78 is 25.4. The molecule has 1 fully saturated rings. The fourth-order valence-corrected chi connectivity index (χ4v) is 4.73. The fourth-order valence-electron chi connectivity index (χ4n) is 3.55. The van der Waals surface area contributed by atoms with Crippen molar-refractivity contribution in [1.29, 1.82) is 0 Å². The smallest absolute Gasteiger partial charge is 0.211 e. The van der Waals surface area contributed by atoms with Gasteiger partial charge in [-0.2, -0.15) is 4.31 Å². The SMILES string of the molecule is CN=C(NC[C@H]1CCCN1S(C)(=O)=O)N(C)Cc1ncc(-c2ccccc2)[nH]1. The second-order valence-corrected chi connectivity index (χ2v) is 9.00. The van der Waals surface area contributed by atoms with Crippen LogP contribution in [0.25, 0.3) is 11.3 Å². The molecule has 3 rings (SSSR count). The molecule has 0 unspecified atom stereocenters. The first-order chi connectivity index (χ1) is 13.4. The minimum Gasteiger partial charge on any atom is -0.355 e. The highest BCUT2D eigenvalue weighted by Crippen LogP contribution is 2.20. The molecule has 2 heterocycles. The third-order valence-electron chi connectivity index (χ3n) is 4.92. The van der Waals surface area contributed by atoms with Gasteiger partial charge in [0.25, 0.3) is 0 Å². The lowest BCUT2D eigenvalue weighted by Crippen LogP contribution is -2.46. The molecule has 28 heavy (non-hydrogen) atoms. The highest BCUT2D eigenvalue weighted by atomic mass is 32.2. The third-order valence-corrected chi connectivity index (χ3v) is 6.25. The lowest BCUT2D eigenvalue weighted by molar-refractivity contribution is 0.379. The summed E-state index contributed by atoms with van der Waals surface area (Å²) in [6.07, 6.45) is 4.85. The second-order valence-electron chi connectivity index (χ2n) is 7.06. The number of aromatic amines is 1. The number of hydrogen-bond acceptors (Lipinski definition) is 4. The summed E-state index contributed by atoms with van der Waals surface area (Å²) in [5.74, 6) is 1.54. The van der Waals surface area contributed by atoms with E-state index in [0.29, 0.717) is 25.6 Å². The average Bonchev–Trinajstić information content (AvgIpc) is 3.32. The van der Waals surface area contributed by atoms with Crippen molar-refractivity contribution in [2.75, 3.05) is 33.4 Å². The number of sulfonamides is 1. The second kappa shape index (κ2) is 8.74. The lowest BCUT2D eigenvalue weighted by Gasteiger charge is -2.26. The molecule has 9 heteroatoms. The molecule has 0 spiro atoms. The Balaban J connectivity index is 1.59. The van der Waals surface area contributed by atoms with Crippen LogP contribution in [-0.4, -0.2) is 73.0 Å². The third kappa shape index (κ3) is 4.90. The number of H-pyrrole nitrogens is 1. The largest absolute Gasteiger partial charge is 0.355 e. The summed E-state index contributed by atoms with van der Waals surface area (Å²) in [7, 11) is 0.481. The Kier molecular flexibility index (Phi) is 6.35. The van der Waals surface area contributed by atoms with E-state index in [2.05, 4.69) is 20.3 Å². The van der Waals surface area contributed by atoms with E-state index in [1.54, 1.807) is 11.4 Å². The zero-order valence-corrected chi connectivity index (χ0v) is 17.4. The van der Waals surface area contributed by atoms with Crippen LogP contribution < -0.4 is 5.32 Å². The Morgan fingerprint density at radius 3 is 2.82 bits per heavy atom. The summed E-state index contributed by atoms with van der Waals surface area (Å²) in [5.41, 5.74) is 2.07. The molecule has 0 amide bonds. The molecular formula is C19H28N6O2S. The van der Waals surface area contributed by atoms with E-state index in [1.807, 2.05) is 48.5 Å². The van der Waals surface area contributed by atoms with Gasteiger partial charge < -0.3 is 15.2 Å². The van der Waals surface area contributed by atoms with E-state index in [1.165, 1.54) is 6.26 Å². The van der Waals surface area contributed by atoms with Crippen LogP contribution in [0.15, 0.2) is 41.5 Å². The van der Waals surface area contributed by atoms with Crippen molar-refractivity contribution in [3.63, 3.8) is 0 Å². The molecule has 0 saturated carbocycles. The van der Waals surface area contributed by atoms with Crippen molar-refractivity contribution in [1.82, 2.24) is 24.5 Å². The molecule has 0 bridgehead atoms. The van der Waals surface area contributed by atoms with E-state index in [0.717, 1.165) is 29.9 Å². The highest BCUT2D eigenvalue weighted by Gasteiger charge is 2.31. The Bertz CT molecular complexity index is 910. The number of rotatable bonds is 6. The zero-order chi connectivity index (χ0) is 20.1. The number of aromatic nitrogens is 2. The maximum Gasteiger partial charge on any atom is 0.211 e. The monoisotopic (exact) mass is 404 g/mol. The van der Waals surface area contributed by atoms with Crippen LogP contribution in [0.4, 0.5) is 0 Å². The van der Waals surface area contributed by atoms with Crippen LogP contribution in [-0.2, 0) is 16.6 Å². The topological polar surface area (TPSA) is 93.7 Å². The number of aliphatic imine (C=N–C) groups is 1. The van der Waals surface area contributed by atoms with Crippen LogP contribution >= 0.6 is 0 Å². The molecule has 2 N–H and O–H groups in total. The van der Waals surface area contributed by atoms with E-state index >= 15 is 0 Å². The molecule has 152 valence electrons. The Morgan fingerprint density at radius 1 is 1.39 bits per heavy atom. The number of hydrogen-bond donors (Lipinski definition) is 2. The molecule has 0 radical (unpaired) electrons. The highest BCUT2D eigenvalue weighted by molar-refractivity contribution is 7.88. The van der Waals surface area contributed by atoms with Crippen molar-refractivity contribution in [2.45, 2.75) is 25.4 Å². The molecule has 2 aromatic rings. The van der Waals surface area contributed by atoms with Crippen LogP contribution in [0.5, 0.6) is 0 Å². The van der Waals surface area contributed by atoms with Crippen LogP contribution in [0.3, 0.4) is 0 Å². The average molecular weight is 405 g/mol. The van der Waals surface area contributed by atoms with E-state index < -0.39 is 10.0 Å². The first-order valence-electron chi connectivity index (χ1n) is 9.36. The van der Waals surface area contributed by atoms with Gasteiger partial charge in [-0.15, -0.1) is 0 Å².